The Kier molecular flexibility index (Phi) is 6.74. The summed E-state index contributed by atoms with van der Waals surface area (Å²) in [5.41, 5.74) is 1.65. The summed E-state index contributed by atoms with van der Waals surface area (Å²) in [6, 6.07) is 12.9. The van der Waals surface area contributed by atoms with Crippen molar-refractivity contribution < 1.29 is 13.9 Å². The summed E-state index contributed by atoms with van der Waals surface area (Å²) in [5, 5.41) is 9.80. The highest BCUT2D eigenvalue weighted by Crippen LogP contribution is 2.31. The number of ether oxygens (including phenoxy) is 1. The molecular formula is C22H15Cl2FN4O2S. The van der Waals surface area contributed by atoms with Crippen LogP contribution in [-0.4, -0.2) is 38.4 Å². The van der Waals surface area contributed by atoms with E-state index in [-0.39, 0.29) is 22.8 Å². The molecule has 4 rings (SSSR count). The average molecular weight is 489 g/mol. The van der Waals surface area contributed by atoms with Crippen molar-refractivity contribution in [2.75, 3.05) is 12.9 Å². The van der Waals surface area contributed by atoms with Gasteiger partial charge in [-0.2, -0.15) is 0 Å². The zero-order valence-electron chi connectivity index (χ0n) is 16.6. The molecule has 32 heavy (non-hydrogen) atoms. The van der Waals surface area contributed by atoms with E-state index in [1.54, 1.807) is 41.2 Å². The van der Waals surface area contributed by atoms with Crippen molar-refractivity contribution >= 4 is 40.7 Å². The van der Waals surface area contributed by atoms with Crippen LogP contribution in [0.4, 0.5) is 4.39 Å². The Morgan fingerprint density at radius 2 is 1.97 bits per heavy atom. The Labute approximate surface area is 197 Å². The third-order valence-electron chi connectivity index (χ3n) is 4.52. The number of methoxy groups -OCH3 is 1. The number of hydrogen-bond acceptors (Lipinski definition) is 6. The molecule has 0 amide bonds. The number of benzene rings is 2. The topological polar surface area (TPSA) is 69.9 Å². The minimum Gasteiger partial charge on any atom is -0.494 e. The predicted octanol–water partition coefficient (Wildman–Crippen LogP) is 5.76. The fourth-order valence-corrected chi connectivity index (χ4v) is 4.09. The molecule has 0 bridgehead atoms. The molecule has 0 fully saturated rings. The molecule has 0 N–H and O–H groups in total. The number of carbonyl (C=O) groups excluding carboxylic acids is 1. The van der Waals surface area contributed by atoms with Crippen LogP contribution >= 0.6 is 35.0 Å². The van der Waals surface area contributed by atoms with Crippen LogP contribution in [0, 0.1) is 5.82 Å². The molecule has 0 radical (unpaired) electrons. The average Bonchev–Trinajstić information content (AvgIpc) is 3.23. The summed E-state index contributed by atoms with van der Waals surface area (Å²) >= 11 is 13.5. The van der Waals surface area contributed by atoms with Gasteiger partial charge < -0.3 is 4.74 Å². The monoisotopic (exact) mass is 488 g/mol. The lowest BCUT2D eigenvalue weighted by Gasteiger charge is -2.11. The first-order chi connectivity index (χ1) is 15.5. The maximum atomic E-state index is 14.0. The summed E-state index contributed by atoms with van der Waals surface area (Å²) in [7, 11) is 1.37. The van der Waals surface area contributed by atoms with Gasteiger partial charge in [0.1, 0.15) is 0 Å². The van der Waals surface area contributed by atoms with Crippen LogP contribution in [0.2, 0.25) is 10.0 Å². The van der Waals surface area contributed by atoms with Crippen molar-refractivity contribution in [3.8, 4) is 22.8 Å². The van der Waals surface area contributed by atoms with Gasteiger partial charge in [0.15, 0.2) is 28.3 Å². The summed E-state index contributed by atoms with van der Waals surface area (Å²) in [6.07, 6.45) is 3.32. The molecule has 6 nitrogen and oxygen atoms in total. The van der Waals surface area contributed by atoms with Crippen molar-refractivity contribution in [1.82, 2.24) is 19.7 Å². The van der Waals surface area contributed by atoms with E-state index in [0.717, 1.165) is 11.6 Å². The maximum absolute atomic E-state index is 14.0. The molecule has 2 heterocycles. The summed E-state index contributed by atoms with van der Waals surface area (Å²) in [4.78, 5) is 16.8. The number of hydrogen-bond donors (Lipinski definition) is 0. The Morgan fingerprint density at radius 3 is 2.66 bits per heavy atom. The molecule has 2 aromatic heterocycles. The van der Waals surface area contributed by atoms with E-state index in [1.165, 1.54) is 31.0 Å². The van der Waals surface area contributed by atoms with Gasteiger partial charge in [-0.15, -0.1) is 10.2 Å². The zero-order valence-corrected chi connectivity index (χ0v) is 19.0. The van der Waals surface area contributed by atoms with Crippen molar-refractivity contribution in [3.63, 3.8) is 0 Å². The normalized spacial score (nSPS) is 10.9. The highest BCUT2D eigenvalue weighted by atomic mass is 35.5. The lowest BCUT2D eigenvalue weighted by atomic mass is 10.1. The molecule has 0 saturated carbocycles. The van der Waals surface area contributed by atoms with E-state index in [9.17, 15) is 9.18 Å². The SMILES string of the molecule is COc1ccc(C(=O)CSc2nnc(-c3cccnc3)n2-c2ccc(Cl)c(Cl)c2)cc1F. The van der Waals surface area contributed by atoms with Crippen LogP contribution in [0.15, 0.2) is 66.1 Å². The Morgan fingerprint density at radius 1 is 1.12 bits per heavy atom. The molecule has 0 atom stereocenters. The van der Waals surface area contributed by atoms with Crippen molar-refractivity contribution in [1.29, 1.82) is 0 Å². The summed E-state index contributed by atoms with van der Waals surface area (Å²) in [5.74, 6) is -0.223. The maximum Gasteiger partial charge on any atom is 0.196 e. The van der Waals surface area contributed by atoms with E-state index in [0.29, 0.717) is 26.7 Å². The van der Waals surface area contributed by atoms with Crippen LogP contribution in [0.3, 0.4) is 0 Å². The van der Waals surface area contributed by atoms with Crippen molar-refractivity contribution in [2.45, 2.75) is 5.16 Å². The molecule has 10 heteroatoms. The van der Waals surface area contributed by atoms with Crippen molar-refractivity contribution in [3.05, 3.63) is 82.4 Å². The predicted molar refractivity (Wildman–Crippen MR) is 123 cm³/mol. The van der Waals surface area contributed by atoms with E-state index >= 15 is 0 Å². The Hall–Kier alpha value is -2.94. The van der Waals surface area contributed by atoms with E-state index < -0.39 is 5.82 Å². The molecule has 0 aliphatic rings. The number of nitrogens with zero attached hydrogens (tertiary/aromatic N) is 4. The van der Waals surface area contributed by atoms with Gasteiger partial charge in [-0.1, -0.05) is 35.0 Å². The molecule has 2 aromatic carbocycles. The second kappa shape index (κ2) is 9.68. The Bertz CT molecular complexity index is 1280. The summed E-state index contributed by atoms with van der Waals surface area (Å²) in [6.45, 7) is 0. The minimum atomic E-state index is -0.596. The highest BCUT2D eigenvalue weighted by molar-refractivity contribution is 7.99. The second-order valence-electron chi connectivity index (χ2n) is 6.54. The van der Waals surface area contributed by atoms with E-state index in [2.05, 4.69) is 15.2 Å². The molecule has 0 spiro atoms. The van der Waals surface area contributed by atoms with Crippen LogP contribution < -0.4 is 4.74 Å². The molecule has 0 aliphatic carbocycles. The number of pyridine rings is 1. The van der Waals surface area contributed by atoms with Gasteiger partial charge >= 0.3 is 0 Å². The van der Waals surface area contributed by atoms with Crippen LogP contribution in [0.25, 0.3) is 17.1 Å². The standard InChI is InChI=1S/C22H15Cl2FN4O2S/c1-31-20-7-4-13(9-18(20)25)19(30)12-32-22-28-27-21(14-3-2-8-26-11-14)29(22)15-5-6-16(23)17(24)10-15/h2-11H,12H2,1H3. The summed E-state index contributed by atoms with van der Waals surface area (Å²) < 4.78 is 20.6. The van der Waals surface area contributed by atoms with E-state index in [1.807, 2.05) is 6.07 Å². The molecule has 0 saturated heterocycles. The van der Waals surface area contributed by atoms with Gasteiger partial charge in [-0.25, -0.2) is 4.39 Å². The number of thioether (sulfide) groups is 1. The molecule has 0 unspecified atom stereocenters. The number of carbonyl (C=O) groups is 1. The number of aromatic nitrogens is 4. The first-order valence-electron chi connectivity index (χ1n) is 9.28. The first-order valence-corrected chi connectivity index (χ1v) is 11.0. The van der Waals surface area contributed by atoms with Crippen LogP contribution in [0.1, 0.15) is 10.4 Å². The van der Waals surface area contributed by atoms with Gasteiger partial charge in [-0.05, 0) is 48.5 Å². The van der Waals surface area contributed by atoms with Gasteiger partial charge in [0.25, 0.3) is 0 Å². The second-order valence-corrected chi connectivity index (χ2v) is 8.30. The Balaban J connectivity index is 1.66. The smallest absolute Gasteiger partial charge is 0.196 e. The van der Waals surface area contributed by atoms with Crippen molar-refractivity contribution in [2.24, 2.45) is 0 Å². The first kappa shape index (κ1) is 22.3. The lowest BCUT2D eigenvalue weighted by molar-refractivity contribution is 0.102. The van der Waals surface area contributed by atoms with Gasteiger partial charge in [0.05, 0.1) is 28.6 Å². The van der Waals surface area contributed by atoms with Gasteiger partial charge in [0.2, 0.25) is 0 Å². The third kappa shape index (κ3) is 4.62. The fraction of sp³-hybridized carbons (Fsp3) is 0.0909. The third-order valence-corrected chi connectivity index (χ3v) is 6.19. The van der Waals surface area contributed by atoms with E-state index in [4.69, 9.17) is 27.9 Å². The number of ketones is 1. The van der Waals surface area contributed by atoms with Gasteiger partial charge in [-0.3, -0.25) is 14.3 Å². The zero-order chi connectivity index (χ0) is 22.7. The highest BCUT2D eigenvalue weighted by Gasteiger charge is 2.19. The number of rotatable bonds is 7. The minimum absolute atomic E-state index is 0.0261. The van der Waals surface area contributed by atoms with Crippen LogP contribution in [-0.2, 0) is 0 Å². The van der Waals surface area contributed by atoms with Crippen LogP contribution in [0.5, 0.6) is 5.75 Å². The molecule has 162 valence electrons. The number of Topliss-reactive ketones (excluding diaryl/α,β-unsaturated/α-hetero) is 1. The fourth-order valence-electron chi connectivity index (χ4n) is 2.96. The largest absolute Gasteiger partial charge is 0.494 e. The molecule has 0 aliphatic heterocycles. The number of halogens is 3. The molecule has 4 aromatic rings. The molecular weight excluding hydrogens is 474 g/mol. The quantitative estimate of drug-likeness (QED) is 0.243. The lowest BCUT2D eigenvalue weighted by Crippen LogP contribution is -2.06. The van der Waals surface area contributed by atoms with Gasteiger partial charge in [0, 0.05) is 23.5 Å².